The highest BCUT2D eigenvalue weighted by molar-refractivity contribution is 6.00. The molecule has 1 fully saturated rings. The van der Waals surface area contributed by atoms with Gasteiger partial charge in [-0.05, 0) is 26.7 Å². The highest BCUT2D eigenvalue weighted by Gasteiger charge is 2.51. The molecule has 8 nitrogen and oxygen atoms in total. The van der Waals surface area contributed by atoms with Crippen LogP contribution in [-0.4, -0.2) is 48.0 Å². The van der Waals surface area contributed by atoms with Crippen LogP contribution in [0.1, 0.15) is 32.3 Å². The summed E-state index contributed by atoms with van der Waals surface area (Å²) in [7, 11) is 1.76. The third-order valence-electron chi connectivity index (χ3n) is 4.28. The molecule has 0 N–H and O–H groups in total. The number of anilines is 1. The van der Waals surface area contributed by atoms with Gasteiger partial charge in [0.25, 0.3) is 0 Å². The monoisotopic (exact) mass is 334 g/mol. The zero-order valence-corrected chi connectivity index (χ0v) is 14.2. The molecule has 0 atom stereocenters. The molecular weight excluding hydrogens is 312 g/mol. The van der Waals surface area contributed by atoms with E-state index in [-0.39, 0.29) is 26.1 Å². The van der Waals surface area contributed by atoms with Gasteiger partial charge in [-0.1, -0.05) is 0 Å². The van der Waals surface area contributed by atoms with Crippen molar-refractivity contribution in [3.63, 3.8) is 0 Å². The van der Waals surface area contributed by atoms with Crippen LogP contribution in [0.5, 0.6) is 0 Å². The first-order chi connectivity index (χ1) is 11.5. The molecule has 0 unspecified atom stereocenters. The number of aryl methyl sites for hydroxylation is 1. The van der Waals surface area contributed by atoms with Gasteiger partial charge in [-0.2, -0.15) is 10.4 Å². The Morgan fingerprint density at radius 1 is 1.25 bits per heavy atom. The molecule has 8 heteroatoms. The van der Waals surface area contributed by atoms with Gasteiger partial charge in [0.15, 0.2) is 5.41 Å². The Bertz CT molecular complexity index is 634. The van der Waals surface area contributed by atoms with Crippen LogP contribution in [0.15, 0.2) is 6.20 Å². The topological polar surface area (TPSA) is 97.5 Å². The first-order valence-corrected chi connectivity index (χ1v) is 8.01. The lowest BCUT2D eigenvalue weighted by molar-refractivity contribution is -0.173. The van der Waals surface area contributed by atoms with Gasteiger partial charge in [-0.15, -0.1) is 0 Å². The number of aromatic nitrogens is 2. The van der Waals surface area contributed by atoms with E-state index in [1.807, 2.05) is 4.90 Å². The number of ether oxygens (including phenoxy) is 2. The normalized spacial score (nSPS) is 16.3. The van der Waals surface area contributed by atoms with Crippen molar-refractivity contribution in [1.82, 2.24) is 9.78 Å². The Morgan fingerprint density at radius 2 is 1.79 bits per heavy atom. The minimum atomic E-state index is -1.27. The first-order valence-electron chi connectivity index (χ1n) is 8.01. The Balaban J connectivity index is 2.23. The molecular formula is C16H22N4O4. The summed E-state index contributed by atoms with van der Waals surface area (Å²) in [5.41, 5.74) is -0.800. The van der Waals surface area contributed by atoms with Gasteiger partial charge in [0.05, 0.1) is 19.4 Å². The molecule has 1 aliphatic heterocycles. The molecule has 0 spiro atoms. The summed E-state index contributed by atoms with van der Waals surface area (Å²) in [5, 5.41) is 13.3. The second-order valence-corrected chi connectivity index (χ2v) is 5.63. The van der Waals surface area contributed by atoms with E-state index in [9.17, 15) is 14.9 Å². The number of piperidine rings is 1. The third-order valence-corrected chi connectivity index (χ3v) is 4.28. The maximum atomic E-state index is 12.4. The maximum absolute atomic E-state index is 12.4. The van der Waals surface area contributed by atoms with Crippen LogP contribution < -0.4 is 4.90 Å². The maximum Gasteiger partial charge on any atom is 0.323 e. The van der Waals surface area contributed by atoms with Crippen LogP contribution in [0.3, 0.4) is 0 Å². The third kappa shape index (κ3) is 3.07. The van der Waals surface area contributed by atoms with Gasteiger partial charge in [0.2, 0.25) is 0 Å². The van der Waals surface area contributed by atoms with E-state index >= 15 is 0 Å². The molecule has 24 heavy (non-hydrogen) atoms. The van der Waals surface area contributed by atoms with E-state index in [0.29, 0.717) is 24.5 Å². The molecule has 1 saturated heterocycles. The Hall–Kier alpha value is -2.56. The van der Waals surface area contributed by atoms with Gasteiger partial charge in [-0.25, -0.2) is 0 Å². The van der Waals surface area contributed by atoms with Gasteiger partial charge in [-0.3, -0.25) is 14.3 Å². The minimum Gasteiger partial charge on any atom is -0.465 e. The number of carbonyl (C=O) groups excluding carboxylic acids is 2. The van der Waals surface area contributed by atoms with Gasteiger partial charge in [0.1, 0.15) is 17.5 Å². The summed E-state index contributed by atoms with van der Waals surface area (Å²) in [4.78, 5) is 26.8. The molecule has 0 aliphatic carbocycles. The summed E-state index contributed by atoms with van der Waals surface area (Å²) in [6.45, 7) is 4.72. The molecule has 0 aromatic carbocycles. The van der Waals surface area contributed by atoms with E-state index < -0.39 is 17.4 Å². The fourth-order valence-corrected chi connectivity index (χ4v) is 3.02. The standard InChI is InChI=1S/C16H22N4O4/c1-4-23-14(21)16(15(22)24-5-2)6-8-20(9-7-16)13-12(10-17)11-18-19(13)3/h11H,4-9H2,1-3H3. The van der Waals surface area contributed by atoms with Crippen molar-refractivity contribution in [3.8, 4) is 6.07 Å². The van der Waals surface area contributed by atoms with Crippen LogP contribution in [0, 0.1) is 16.7 Å². The van der Waals surface area contributed by atoms with Gasteiger partial charge >= 0.3 is 11.9 Å². The SMILES string of the molecule is CCOC(=O)C1(C(=O)OCC)CCN(c2c(C#N)cnn2C)CC1. The molecule has 1 aromatic rings. The van der Waals surface area contributed by atoms with Crippen molar-refractivity contribution in [2.45, 2.75) is 26.7 Å². The lowest BCUT2D eigenvalue weighted by Crippen LogP contribution is -2.51. The average molecular weight is 334 g/mol. The number of esters is 2. The fraction of sp³-hybridized carbons (Fsp3) is 0.625. The Labute approximate surface area is 140 Å². The summed E-state index contributed by atoms with van der Waals surface area (Å²) < 4.78 is 11.9. The predicted molar refractivity (Wildman–Crippen MR) is 85.1 cm³/mol. The summed E-state index contributed by atoms with van der Waals surface area (Å²) in [6, 6.07) is 2.11. The van der Waals surface area contributed by atoms with Crippen LogP contribution in [0.4, 0.5) is 5.82 Å². The summed E-state index contributed by atoms with van der Waals surface area (Å²) in [5.74, 6) is -0.374. The van der Waals surface area contributed by atoms with Crippen molar-refractivity contribution >= 4 is 17.8 Å². The Morgan fingerprint density at radius 3 is 2.25 bits per heavy atom. The minimum absolute atomic E-state index is 0.212. The molecule has 0 saturated carbocycles. The molecule has 0 radical (unpaired) electrons. The molecule has 1 aliphatic rings. The number of nitrogens with zero attached hydrogens (tertiary/aromatic N) is 4. The lowest BCUT2D eigenvalue weighted by atomic mass is 9.78. The quantitative estimate of drug-likeness (QED) is 0.585. The number of rotatable bonds is 5. The summed E-state index contributed by atoms with van der Waals surface area (Å²) in [6.07, 6.45) is 2.06. The van der Waals surface area contributed by atoms with E-state index in [1.54, 1.807) is 25.6 Å². The van der Waals surface area contributed by atoms with Crippen LogP contribution in [0.2, 0.25) is 0 Å². The van der Waals surface area contributed by atoms with E-state index in [0.717, 1.165) is 0 Å². The van der Waals surface area contributed by atoms with Crippen molar-refractivity contribution in [3.05, 3.63) is 11.8 Å². The molecule has 130 valence electrons. The molecule has 1 aromatic heterocycles. The predicted octanol–water partition coefficient (Wildman–Crippen LogP) is 1.00. The van der Waals surface area contributed by atoms with E-state index in [4.69, 9.17) is 9.47 Å². The van der Waals surface area contributed by atoms with Crippen LogP contribution in [-0.2, 0) is 26.1 Å². The molecule has 0 bridgehead atoms. The smallest absolute Gasteiger partial charge is 0.323 e. The van der Waals surface area contributed by atoms with E-state index in [2.05, 4.69) is 11.2 Å². The molecule has 0 amide bonds. The van der Waals surface area contributed by atoms with Crippen LogP contribution >= 0.6 is 0 Å². The fourth-order valence-electron chi connectivity index (χ4n) is 3.02. The molecule has 2 rings (SSSR count). The number of nitriles is 1. The zero-order chi connectivity index (χ0) is 17.7. The zero-order valence-electron chi connectivity index (χ0n) is 14.2. The first kappa shape index (κ1) is 17.8. The second-order valence-electron chi connectivity index (χ2n) is 5.63. The van der Waals surface area contributed by atoms with Crippen molar-refractivity contribution in [2.75, 3.05) is 31.2 Å². The van der Waals surface area contributed by atoms with E-state index in [1.165, 1.54) is 6.20 Å². The molecule has 2 heterocycles. The second kappa shape index (κ2) is 7.34. The number of hydrogen-bond acceptors (Lipinski definition) is 7. The highest BCUT2D eigenvalue weighted by atomic mass is 16.6. The van der Waals surface area contributed by atoms with Gasteiger partial charge in [0, 0.05) is 20.1 Å². The van der Waals surface area contributed by atoms with Crippen LogP contribution in [0.25, 0.3) is 0 Å². The van der Waals surface area contributed by atoms with Crippen molar-refractivity contribution in [2.24, 2.45) is 12.5 Å². The number of hydrogen-bond donors (Lipinski definition) is 0. The Kier molecular flexibility index (Phi) is 5.44. The lowest BCUT2D eigenvalue weighted by Gasteiger charge is -2.38. The van der Waals surface area contributed by atoms with Crippen molar-refractivity contribution in [1.29, 1.82) is 5.26 Å². The van der Waals surface area contributed by atoms with Gasteiger partial charge < -0.3 is 14.4 Å². The highest BCUT2D eigenvalue weighted by Crippen LogP contribution is 2.36. The number of carbonyl (C=O) groups is 2. The summed E-state index contributed by atoms with van der Waals surface area (Å²) >= 11 is 0. The van der Waals surface area contributed by atoms with Crippen molar-refractivity contribution < 1.29 is 19.1 Å². The average Bonchev–Trinajstić information content (AvgIpc) is 2.96. The largest absolute Gasteiger partial charge is 0.465 e.